The van der Waals surface area contributed by atoms with Crippen molar-refractivity contribution in [3.8, 4) is 0 Å². The first kappa shape index (κ1) is 15.8. The quantitative estimate of drug-likeness (QED) is 0.897. The van der Waals surface area contributed by atoms with Crippen LogP contribution in [0.3, 0.4) is 0 Å². The standard InChI is InChI=1S/C16H25N3O2/c1-15(2,3)12-8-11(9-13(17-5)18-12)14(20)19-16(4)6-7-21-10-16/h8-9H,6-7,10H2,1-5H3,(H,17,18)(H,19,20). The van der Waals surface area contributed by atoms with Crippen LogP contribution in [0.1, 0.15) is 50.2 Å². The molecular formula is C16H25N3O2. The molecule has 2 N–H and O–H groups in total. The van der Waals surface area contributed by atoms with Gasteiger partial charge < -0.3 is 15.4 Å². The highest BCUT2D eigenvalue weighted by Gasteiger charge is 2.32. The van der Waals surface area contributed by atoms with E-state index in [2.05, 4.69) is 36.4 Å². The molecule has 1 unspecified atom stereocenters. The van der Waals surface area contributed by atoms with E-state index in [4.69, 9.17) is 4.74 Å². The van der Waals surface area contributed by atoms with Gasteiger partial charge in [-0.25, -0.2) is 4.98 Å². The first-order valence-electron chi connectivity index (χ1n) is 7.34. The molecule has 1 fully saturated rings. The summed E-state index contributed by atoms with van der Waals surface area (Å²) in [6.07, 6.45) is 0.842. The third-order valence-corrected chi connectivity index (χ3v) is 3.75. The van der Waals surface area contributed by atoms with Crippen molar-refractivity contribution in [2.24, 2.45) is 0 Å². The highest BCUT2D eigenvalue weighted by Crippen LogP contribution is 2.24. The summed E-state index contributed by atoms with van der Waals surface area (Å²) in [7, 11) is 1.81. The van der Waals surface area contributed by atoms with Gasteiger partial charge in [0.15, 0.2) is 0 Å². The molecule has 0 aliphatic carbocycles. The van der Waals surface area contributed by atoms with E-state index in [0.717, 1.165) is 12.1 Å². The van der Waals surface area contributed by atoms with Gasteiger partial charge in [-0.15, -0.1) is 0 Å². The van der Waals surface area contributed by atoms with Crippen LogP contribution in [0.4, 0.5) is 5.82 Å². The number of pyridine rings is 1. The molecule has 1 aromatic rings. The van der Waals surface area contributed by atoms with E-state index in [0.29, 0.717) is 24.6 Å². The lowest BCUT2D eigenvalue weighted by Gasteiger charge is -2.24. The number of nitrogens with one attached hydrogen (secondary N) is 2. The summed E-state index contributed by atoms with van der Waals surface area (Å²) < 4.78 is 5.38. The maximum Gasteiger partial charge on any atom is 0.251 e. The minimum atomic E-state index is -0.276. The monoisotopic (exact) mass is 291 g/mol. The maximum absolute atomic E-state index is 12.5. The number of aromatic nitrogens is 1. The minimum Gasteiger partial charge on any atom is -0.379 e. The van der Waals surface area contributed by atoms with Crippen LogP contribution in [-0.2, 0) is 10.2 Å². The summed E-state index contributed by atoms with van der Waals surface area (Å²) in [5.74, 6) is 0.632. The summed E-state index contributed by atoms with van der Waals surface area (Å²) in [4.78, 5) is 17.1. The summed E-state index contributed by atoms with van der Waals surface area (Å²) in [6.45, 7) is 9.54. The molecule has 116 valence electrons. The van der Waals surface area contributed by atoms with Crippen molar-refractivity contribution in [3.63, 3.8) is 0 Å². The Morgan fingerprint density at radius 2 is 2.10 bits per heavy atom. The van der Waals surface area contributed by atoms with Gasteiger partial charge in [-0.1, -0.05) is 20.8 Å². The second-order valence-corrected chi connectivity index (χ2v) is 6.94. The Kier molecular flexibility index (Phi) is 4.23. The van der Waals surface area contributed by atoms with Crippen molar-refractivity contribution >= 4 is 11.7 Å². The topological polar surface area (TPSA) is 63.2 Å². The van der Waals surface area contributed by atoms with Gasteiger partial charge in [0.25, 0.3) is 5.91 Å². The molecule has 2 rings (SSSR count). The van der Waals surface area contributed by atoms with Gasteiger partial charge in [-0.2, -0.15) is 0 Å². The van der Waals surface area contributed by atoms with Gasteiger partial charge >= 0.3 is 0 Å². The van der Waals surface area contributed by atoms with Gasteiger partial charge in [0.1, 0.15) is 5.82 Å². The molecule has 0 radical (unpaired) electrons. The fraction of sp³-hybridized carbons (Fsp3) is 0.625. The second kappa shape index (κ2) is 5.64. The lowest BCUT2D eigenvalue weighted by molar-refractivity contribution is 0.0889. The Bertz CT molecular complexity index is 529. The summed E-state index contributed by atoms with van der Waals surface area (Å²) >= 11 is 0. The van der Waals surface area contributed by atoms with Crippen molar-refractivity contribution in [3.05, 3.63) is 23.4 Å². The fourth-order valence-corrected chi connectivity index (χ4v) is 2.29. The Hall–Kier alpha value is -1.62. The number of amides is 1. The summed E-state index contributed by atoms with van der Waals surface area (Å²) in [5, 5.41) is 6.10. The van der Waals surface area contributed by atoms with Crippen molar-refractivity contribution < 1.29 is 9.53 Å². The van der Waals surface area contributed by atoms with Crippen LogP contribution in [0.25, 0.3) is 0 Å². The van der Waals surface area contributed by atoms with Crippen molar-refractivity contribution in [2.75, 3.05) is 25.6 Å². The zero-order valence-electron chi connectivity index (χ0n) is 13.5. The molecule has 2 heterocycles. The van der Waals surface area contributed by atoms with Crippen LogP contribution in [0.2, 0.25) is 0 Å². The normalized spacial score (nSPS) is 22.1. The maximum atomic E-state index is 12.5. The van der Waals surface area contributed by atoms with E-state index >= 15 is 0 Å². The Balaban J connectivity index is 2.27. The van der Waals surface area contributed by atoms with Crippen molar-refractivity contribution in [1.29, 1.82) is 0 Å². The molecule has 0 bridgehead atoms. The Morgan fingerprint density at radius 1 is 1.38 bits per heavy atom. The van der Waals surface area contributed by atoms with Gasteiger partial charge in [-0.3, -0.25) is 4.79 Å². The number of nitrogens with zero attached hydrogens (tertiary/aromatic N) is 1. The van der Waals surface area contributed by atoms with Gasteiger partial charge in [-0.05, 0) is 25.5 Å². The molecular weight excluding hydrogens is 266 g/mol. The summed E-state index contributed by atoms with van der Waals surface area (Å²) in [6, 6.07) is 3.65. The smallest absolute Gasteiger partial charge is 0.251 e. The highest BCUT2D eigenvalue weighted by molar-refractivity contribution is 5.95. The van der Waals surface area contributed by atoms with Gasteiger partial charge in [0.2, 0.25) is 0 Å². The molecule has 5 heteroatoms. The van der Waals surface area contributed by atoms with Crippen molar-refractivity contribution in [1.82, 2.24) is 10.3 Å². The zero-order chi connectivity index (χ0) is 15.7. The number of anilines is 1. The molecule has 1 amide bonds. The molecule has 21 heavy (non-hydrogen) atoms. The van der Waals surface area contributed by atoms with E-state index < -0.39 is 0 Å². The van der Waals surface area contributed by atoms with Crippen LogP contribution < -0.4 is 10.6 Å². The second-order valence-electron chi connectivity index (χ2n) is 6.94. The van der Waals surface area contributed by atoms with Crippen LogP contribution in [0, 0.1) is 0 Å². The number of ether oxygens (including phenoxy) is 1. The number of rotatable bonds is 3. The number of carbonyl (C=O) groups excluding carboxylic acids is 1. The molecule has 1 aromatic heterocycles. The third kappa shape index (κ3) is 3.73. The molecule has 1 aliphatic rings. The molecule has 5 nitrogen and oxygen atoms in total. The average molecular weight is 291 g/mol. The predicted octanol–water partition coefficient (Wildman–Crippen LogP) is 2.33. The molecule has 0 spiro atoms. The van der Waals surface area contributed by atoms with Crippen LogP contribution in [0.5, 0.6) is 0 Å². The van der Waals surface area contributed by atoms with Crippen LogP contribution in [0.15, 0.2) is 12.1 Å². The van der Waals surface area contributed by atoms with E-state index in [-0.39, 0.29) is 16.9 Å². The number of carbonyl (C=O) groups is 1. The Labute approximate surface area is 126 Å². The summed E-state index contributed by atoms with van der Waals surface area (Å²) in [5.41, 5.74) is 1.14. The number of hydrogen-bond acceptors (Lipinski definition) is 4. The molecule has 0 saturated carbocycles. The zero-order valence-corrected chi connectivity index (χ0v) is 13.5. The van der Waals surface area contributed by atoms with E-state index in [1.165, 1.54) is 0 Å². The highest BCUT2D eigenvalue weighted by atomic mass is 16.5. The first-order valence-corrected chi connectivity index (χ1v) is 7.34. The van der Waals surface area contributed by atoms with Crippen LogP contribution in [-0.4, -0.2) is 36.7 Å². The van der Waals surface area contributed by atoms with Crippen LogP contribution >= 0.6 is 0 Å². The lowest BCUT2D eigenvalue weighted by atomic mass is 9.90. The van der Waals surface area contributed by atoms with Gasteiger partial charge in [0.05, 0.1) is 12.1 Å². The molecule has 1 saturated heterocycles. The molecule has 1 aliphatic heterocycles. The first-order chi connectivity index (χ1) is 9.73. The minimum absolute atomic E-state index is 0.0765. The van der Waals surface area contributed by atoms with Crippen molar-refractivity contribution in [2.45, 2.75) is 45.1 Å². The molecule has 0 aromatic carbocycles. The largest absolute Gasteiger partial charge is 0.379 e. The SMILES string of the molecule is CNc1cc(C(=O)NC2(C)CCOC2)cc(C(C)(C)C)n1. The van der Waals surface area contributed by atoms with E-state index in [1.807, 2.05) is 20.0 Å². The predicted molar refractivity (Wildman–Crippen MR) is 83.8 cm³/mol. The van der Waals surface area contributed by atoms with Gasteiger partial charge in [0, 0.05) is 30.3 Å². The Morgan fingerprint density at radius 3 is 2.62 bits per heavy atom. The number of hydrogen-bond donors (Lipinski definition) is 2. The molecule has 1 atom stereocenters. The fourth-order valence-electron chi connectivity index (χ4n) is 2.29. The average Bonchev–Trinajstić information content (AvgIpc) is 2.83. The third-order valence-electron chi connectivity index (χ3n) is 3.75. The van der Waals surface area contributed by atoms with E-state index in [1.54, 1.807) is 6.07 Å². The van der Waals surface area contributed by atoms with E-state index in [9.17, 15) is 4.79 Å². The lowest BCUT2D eigenvalue weighted by Crippen LogP contribution is -2.46.